The summed E-state index contributed by atoms with van der Waals surface area (Å²) in [5.74, 6) is 1.62. The molecule has 1 aliphatic rings. The van der Waals surface area contributed by atoms with Gasteiger partial charge in [0.2, 0.25) is 0 Å². The topological polar surface area (TPSA) is 41.6 Å². The van der Waals surface area contributed by atoms with Crippen molar-refractivity contribution in [3.8, 4) is 5.75 Å². The zero-order chi connectivity index (χ0) is 26.1. The van der Waals surface area contributed by atoms with Crippen molar-refractivity contribution in [1.82, 2.24) is 4.90 Å². The highest BCUT2D eigenvalue weighted by Crippen LogP contribution is 2.27. The fraction of sp³-hybridized carbons (Fsp3) is 0.531. The van der Waals surface area contributed by atoms with Gasteiger partial charge in [0.1, 0.15) is 5.75 Å². The normalized spacial score (nSPS) is 12.7. The first-order valence-electron chi connectivity index (χ1n) is 14.3. The average molecular weight is 604 g/mol. The second-order valence-electron chi connectivity index (χ2n) is 10.1. The van der Waals surface area contributed by atoms with Gasteiger partial charge in [-0.25, -0.2) is 0 Å². The Bertz CT molecular complexity index is 964. The smallest absolute Gasteiger partial charge is 0.255 e. The lowest BCUT2D eigenvalue weighted by atomic mass is 10.1. The van der Waals surface area contributed by atoms with E-state index < -0.39 is 0 Å². The number of allylic oxidation sites excluding steroid dienone is 1. The molecular formula is C32H47BrN2O2S. The van der Waals surface area contributed by atoms with Crippen molar-refractivity contribution in [1.29, 1.82) is 0 Å². The lowest BCUT2D eigenvalue weighted by molar-refractivity contribution is 0.102. The predicted molar refractivity (Wildman–Crippen MR) is 169 cm³/mol. The first kappa shape index (κ1) is 32.3. The molecule has 1 aliphatic heterocycles. The van der Waals surface area contributed by atoms with Crippen LogP contribution in [0.1, 0.15) is 107 Å². The molecule has 2 aromatic carbocycles. The molecular weight excluding hydrogens is 556 g/mol. The second kappa shape index (κ2) is 19.2. The molecule has 2 aromatic rings. The first-order chi connectivity index (χ1) is 18.2. The third kappa shape index (κ3) is 12.3. The maximum Gasteiger partial charge on any atom is 0.255 e. The maximum absolute atomic E-state index is 12.9. The second-order valence-corrected chi connectivity index (χ2v) is 11.3. The van der Waals surface area contributed by atoms with Crippen molar-refractivity contribution >= 4 is 40.3 Å². The van der Waals surface area contributed by atoms with Gasteiger partial charge in [-0.1, -0.05) is 102 Å². The molecule has 0 bridgehead atoms. The number of unbranched alkanes of at least 4 members (excludes halogenated alkanes) is 11. The van der Waals surface area contributed by atoms with Crippen LogP contribution in [0.4, 0.5) is 5.69 Å². The molecule has 1 N–H and O–H groups in total. The van der Waals surface area contributed by atoms with Crippen LogP contribution in [0.2, 0.25) is 0 Å². The van der Waals surface area contributed by atoms with Gasteiger partial charge in [0, 0.05) is 18.3 Å². The van der Waals surface area contributed by atoms with Gasteiger partial charge in [0.25, 0.3) is 5.91 Å². The Balaban J connectivity index is 0.00000507. The van der Waals surface area contributed by atoms with Crippen molar-refractivity contribution in [2.75, 3.05) is 17.8 Å². The van der Waals surface area contributed by atoms with E-state index in [9.17, 15) is 4.79 Å². The Labute approximate surface area is 245 Å². The number of thioether (sulfide) groups is 1. The zero-order valence-corrected chi connectivity index (χ0v) is 25.9. The summed E-state index contributed by atoms with van der Waals surface area (Å²) in [6.45, 7) is 5.96. The minimum atomic E-state index is -0.111. The van der Waals surface area contributed by atoms with Crippen molar-refractivity contribution in [3.63, 3.8) is 0 Å². The summed E-state index contributed by atoms with van der Waals surface area (Å²) in [7, 11) is 0. The van der Waals surface area contributed by atoms with Gasteiger partial charge in [0.15, 0.2) is 0 Å². The van der Waals surface area contributed by atoms with E-state index in [0.717, 1.165) is 30.3 Å². The number of nitrogens with zero attached hydrogens (tertiary/aromatic N) is 1. The van der Waals surface area contributed by atoms with Crippen molar-refractivity contribution in [2.45, 2.75) is 97.4 Å². The summed E-state index contributed by atoms with van der Waals surface area (Å²) in [4.78, 5) is 16.5. The number of hydrogen-bond acceptors (Lipinski definition) is 4. The Morgan fingerprint density at radius 3 is 2.08 bits per heavy atom. The number of hydrogen-bond donors (Lipinski definition) is 1. The first-order valence-corrected chi connectivity index (χ1v) is 15.3. The summed E-state index contributed by atoms with van der Waals surface area (Å²) >= 11 is 1.86. The number of benzene rings is 2. The molecule has 0 fully saturated rings. The summed E-state index contributed by atoms with van der Waals surface area (Å²) in [6, 6.07) is 15.6. The number of nitrogens with one attached hydrogen (secondary N) is 1. The minimum absolute atomic E-state index is 0. The fourth-order valence-corrected chi connectivity index (χ4v) is 5.38. The zero-order valence-electron chi connectivity index (χ0n) is 23.4. The van der Waals surface area contributed by atoms with Crippen LogP contribution >= 0.6 is 28.7 Å². The van der Waals surface area contributed by atoms with Crippen molar-refractivity contribution < 1.29 is 9.53 Å². The highest BCUT2D eigenvalue weighted by atomic mass is 79.9. The molecule has 6 heteroatoms. The lowest BCUT2D eigenvalue weighted by Crippen LogP contribution is -2.14. The number of anilines is 1. The molecule has 4 nitrogen and oxygen atoms in total. The van der Waals surface area contributed by atoms with E-state index in [0.29, 0.717) is 12.2 Å². The summed E-state index contributed by atoms with van der Waals surface area (Å²) in [5.41, 5.74) is 2.58. The number of carbonyl (C=O) groups excluding carboxylic acids is 1. The van der Waals surface area contributed by atoms with E-state index in [1.807, 2.05) is 60.3 Å². The molecule has 1 heterocycles. The Morgan fingerprint density at radius 1 is 0.868 bits per heavy atom. The number of carbonyl (C=O) groups is 1. The minimum Gasteiger partial charge on any atom is -0.491 e. The van der Waals surface area contributed by atoms with Gasteiger partial charge in [-0.15, -0.1) is 28.7 Å². The number of amides is 1. The molecule has 0 aromatic heterocycles. The van der Waals surface area contributed by atoms with Crippen molar-refractivity contribution in [3.05, 3.63) is 70.8 Å². The van der Waals surface area contributed by atoms with E-state index in [-0.39, 0.29) is 22.9 Å². The Kier molecular flexibility index (Phi) is 16.3. The SMILES string of the molecule is Br.CCCCCCCCCCCCCCOc1ccccc1NC(=O)c1ccc(CN2C=C(C)SC2)cc1. The molecule has 0 saturated carbocycles. The Hall–Kier alpha value is -1.92. The van der Waals surface area contributed by atoms with E-state index in [2.05, 4.69) is 30.3 Å². The van der Waals surface area contributed by atoms with Crippen LogP contribution in [0.5, 0.6) is 5.75 Å². The van der Waals surface area contributed by atoms with E-state index in [1.165, 1.54) is 81.1 Å². The molecule has 0 unspecified atom stereocenters. The van der Waals surface area contributed by atoms with Crippen LogP contribution < -0.4 is 10.1 Å². The lowest BCUT2D eigenvalue weighted by Gasteiger charge is -2.15. The highest BCUT2D eigenvalue weighted by Gasteiger charge is 2.12. The Morgan fingerprint density at radius 2 is 1.47 bits per heavy atom. The van der Waals surface area contributed by atoms with Crippen LogP contribution in [0.25, 0.3) is 0 Å². The van der Waals surface area contributed by atoms with Crippen LogP contribution in [-0.4, -0.2) is 23.3 Å². The van der Waals surface area contributed by atoms with Gasteiger partial charge in [-0.05, 0) is 48.1 Å². The molecule has 0 radical (unpaired) electrons. The molecule has 0 spiro atoms. The van der Waals surface area contributed by atoms with Gasteiger partial charge >= 0.3 is 0 Å². The quantitative estimate of drug-likeness (QED) is 0.172. The van der Waals surface area contributed by atoms with Gasteiger partial charge in [-0.2, -0.15) is 0 Å². The van der Waals surface area contributed by atoms with E-state index in [4.69, 9.17) is 4.74 Å². The molecule has 38 heavy (non-hydrogen) atoms. The number of ether oxygens (including phenoxy) is 1. The van der Waals surface area contributed by atoms with Crippen LogP contribution in [0, 0.1) is 0 Å². The van der Waals surface area contributed by atoms with Gasteiger partial charge in [0.05, 0.1) is 18.2 Å². The summed E-state index contributed by atoms with van der Waals surface area (Å²) < 4.78 is 6.04. The van der Waals surface area contributed by atoms with Crippen molar-refractivity contribution in [2.24, 2.45) is 0 Å². The van der Waals surface area contributed by atoms with Gasteiger partial charge < -0.3 is 15.0 Å². The number of para-hydroxylation sites is 2. The summed E-state index contributed by atoms with van der Waals surface area (Å²) in [5, 5.41) is 3.03. The fourth-order valence-electron chi connectivity index (χ4n) is 4.62. The number of rotatable bonds is 18. The third-order valence-corrected chi connectivity index (χ3v) is 7.84. The van der Waals surface area contributed by atoms with Crippen LogP contribution in [0.3, 0.4) is 0 Å². The molecule has 1 amide bonds. The van der Waals surface area contributed by atoms with E-state index in [1.54, 1.807) is 0 Å². The summed E-state index contributed by atoms with van der Waals surface area (Å²) in [6.07, 6.45) is 18.1. The molecule has 0 atom stereocenters. The van der Waals surface area contributed by atoms with Crippen LogP contribution in [0.15, 0.2) is 59.6 Å². The van der Waals surface area contributed by atoms with E-state index >= 15 is 0 Å². The monoisotopic (exact) mass is 602 g/mol. The molecule has 3 rings (SSSR count). The predicted octanol–water partition coefficient (Wildman–Crippen LogP) is 9.96. The molecule has 210 valence electrons. The molecule has 0 aliphatic carbocycles. The highest BCUT2D eigenvalue weighted by molar-refractivity contribution is 8.93. The standard InChI is InChI=1S/C32H46N2O2S.BrH/c1-3-4-5-6-7-8-9-10-11-12-13-16-23-36-31-18-15-14-17-30(31)33-32(35)29-21-19-28(20-22-29)25-34-24-27(2)37-26-34;/h14-15,17-22,24H,3-13,16,23,25-26H2,1-2H3,(H,33,35);1H. The maximum atomic E-state index is 12.9. The van der Waals surface area contributed by atoms with Gasteiger partial charge in [-0.3, -0.25) is 4.79 Å². The van der Waals surface area contributed by atoms with Crippen LogP contribution in [-0.2, 0) is 6.54 Å². The molecule has 0 saturated heterocycles. The third-order valence-electron chi connectivity index (χ3n) is 6.81. The largest absolute Gasteiger partial charge is 0.491 e. The number of halogens is 1. The average Bonchev–Trinajstić information content (AvgIpc) is 3.32.